The molecule has 1 saturated heterocycles. The minimum Gasteiger partial charge on any atom is -0.486 e. The molecule has 0 spiro atoms. The first-order valence-electron chi connectivity index (χ1n) is 10.8. The molecule has 5 rings (SSSR count). The zero-order valence-electron chi connectivity index (χ0n) is 17.8. The second kappa shape index (κ2) is 8.83. The maximum atomic E-state index is 11.7. The third-order valence-electron chi connectivity index (χ3n) is 5.40. The highest BCUT2D eigenvalue weighted by Gasteiger charge is 2.18. The Morgan fingerprint density at radius 1 is 1.09 bits per heavy atom. The van der Waals surface area contributed by atoms with Gasteiger partial charge in [0.25, 0.3) is 0 Å². The number of ketones is 1. The average Bonchev–Trinajstić information content (AvgIpc) is 2.84. The summed E-state index contributed by atoms with van der Waals surface area (Å²) in [5.41, 5.74) is 2.49. The molecular formula is C22H24N8O2. The van der Waals surface area contributed by atoms with E-state index in [-0.39, 0.29) is 12.4 Å². The Bertz CT molecular complexity index is 1150. The summed E-state index contributed by atoms with van der Waals surface area (Å²) in [6.07, 6.45) is 2.76. The van der Waals surface area contributed by atoms with Crippen LogP contribution >= 0.6 is 0 Å². The van der Waals surface area contributed by atoms with Gasteiger partial charge in [-0.25, -0.2) is 9.97 Å². The Morgan fingerprint density at radius 2 is 1.97 bits per heavy atom. The lowest BCUT2D eigenvalue weighted by atomic mass is 10.0. The molecule has 0 aliphatic carbocycles. The Morgan fingerprint density at radius 3 is 2.81 bits per heavy atom. The minimum atomic E-state index is 0.0709. The monoisotopic (exact) mass is 432 g/mol. The molecule has 2 aliphatic heterocycles. The number of rotatable bonds is 5. The van der Waals surface area contributed by atoms with Crippen molar-refractivity contribution in [3.63, 3.8) is 0 Å². The summed E-state index contributed by atoms with van der Waals surface area (Å²) >= 11 is 0. The van der Waals surface area contributed by atoms with Crippen molar-refractivity contribution in [2.24, 2.45) is 0 Å². The lowest BCUT2D eigenvalue weighted by Gasteiger charge is -2.27. The second-order valence-corrected chi connectivity index (χ2v) is 7.68. The quantitative estimate of drug-likeness (QED) is 0.615. The van der Waals surface area contributed by atoms with Crippen LogP contribution < -0.4 is 20.3 Å². The van der Waals surface area contributed by atoms with Gasteiger partial charge in [0.15, 0.2) is 5.78 Å². The van der Waals surface area contributed by atoms with Crippen LogP contribution in [0, 0.1) is 0 Å². The standard InChI is InChI=1S/C22H24N8O2/c1-2-19-26-21(29-22(27-19)30-9-7-23-8-10-30)28-20-24-6-5-17(25-20)14-3-4-18-15(11-14)12-16(31)13-32-18/h3-6,11,23H,2,7-10,12-13H2,1H3,(H,24,25,26,27,28,29). The highest BCUT2D eigenvalue weighted by molar-refractivity contribution is 5.85. The van der Waals surface area contributed by atoms with Gasteiger partial charge in [0.1, 0.15) is 18.2 Å². The number of Topliss-reactive ketones (excluding diaryl/α,β-unsaturated/α-hetero) is 1. The van der Waals surface area contributed by atoms with Crippen LogP contribution in [0.1, 0.15) is 18.3 Å². The van der Waals surface area contributed by atoms with E-state index in [2.05, 4.69) is 40.5 Å². The maximum Gasteiger partial charge on any atom is 0.234 e. The van der Waals surface area contributed by atoms with Crippen molar-refractivity contribution < 1.29 is 9.53 Å². The molecule has 3 aromatic rings. The molecule has 0 atom stereocenters. The summed E-state index contributed by atoms with van der Waals surface area (Å²) in [6, 6.07) is 7.58. The molecule has 1 fully saturated rings. The normalized spacial score (nSPS) is 15.8. The molecule has 164 valence electrons. The Hall–Kier alpha value is -3.66. The van der Waals surface area contributed by atoms with Crippen molar-refractivity contribution in [1.29, 1.82) is 0 Å². The molecule has 0 saturated carbocycles. The molecule has 2 aliphatic rings. The van der Waals surface area contributed by atoms with Gasteiger partial charge in [0.2, 0.25) is 17.8 Å². The van der Waals surface area contributed by atoms with Crippen LogP contribution in [0.25, 0.3) is 11.3 Å². The lowest BCUT2D eigenvalue weighted by molar-refractivity contribution is -0.121. The first kappa shape index (κ1) is 20.3. The highest BCUT2D eigenvalue weighted by Crippen LogP contribution is 2.29. The maximum absolute atomic E-state index is 11.7. The number of nitrogens with one attached hydrogen (secondary N) is 2. The van der Waals surface area contributed by atoms with E-state index in [4.69, 9.17) is 4.74 Å². The Labute approximate surface area is 185 Å². The summed E-state index contributed by atoms with van der Waals surface area (Å²) < 4.78 is 5.49. The molecule has 2 N–H and O–H groups in total. The molecule has 4 heterocycles. The molecule has 32 heavy (non-hydrogen) atoms. The number of carbonyl (C=O) groups is 1. The van der Waals surface area contributed by atoms with E-state index >= 15 is 0 Å². The molecule has 0 amide bonds. The zero-order chi connectivity index (χ0) is 21.9. The molecule has 0 bridgehead atoms. The molecule has 1 aromatic carbocycles. The van der Waals surface area contributed by atoms with Crippen molar-refractivity contribution in [2.75, 3.05) is 43.0 Å². The number of aryl methyl sites for hydroxylation is 1. The average molecular weight is 432 g/mol. The van der Waals surface area contributed by atoms with Crippen molar-refractivity contribution in [3.05, 3.63) is 41.9 Å². The fraction of sp³-hybridized carbons (Fsp3) is 0.364. The van der Waals surface area contributed by atoms with E-state index in [1.165, 1.54) is 0 Å². The van der Waals surface area contributed by atoms with E-state index in [9.17, 15) is 4.79 Å². The summed E-state index contributed by atoms with van der Waals surface area (Å²) in [7, 11) is 0. The van der Waals surface area contributed by atoms with Gasteiger partial charge < -0.3 is 15.0 Å². The smallest absolute Gasteiger partial charge is 0.234 e. The molecule has 0 unspecified atom stereocenters. The number of fused-ring (bicyclic) bond motifs is 1. The van der Waals surface area contributed by atoms with Gasteiger partial charge in [-0.1, -0.05) is 6.92 Å². The first-order valence-corrected chi connectivity index (χ1v) is 10.8. The topological polar surface area (TPSA) is 118 Å². The molecule has 2 aromatic heterocycles. The van der Waals surface area contributed by atoms with Gasteiger partial charge in [-0.05, 0) is 24.3 Å². The van der Waals surface area contributed by atoms with E-state index in [1.807, 2.05) is 31.2 Å². The predicted molar refractivity (Wildman–Crippen MR) is 119 cm³/mol. The molecular weight excluding hydrogens is 408 g/mol. The van der Waals surface area contributed by atoms with E-state index in [0.29, 0.717) is 36.5 Å². The Balaban J connectivity index is 1.41. The van der Waals surface area contributed by atoms with Crippen LogP contribution in [0.5, 0.6) is 5.75 Å². The van der Waals surface area contributed by atoms with Crippen molar-refractivity contribution in [2.45, 2.75) is 19.8 Å². The summed E-state index contributed by atoms with van der Waals surface area (Å²) in [6.45, 7) is 5.65. The van der Waals surface area contributed by atoms with Crippen LogP contribution in [-0.4, -0.2) is 63.5 Å². The highest BCUT2D eigenvalue weighted by atomic mass is 16.5. The van der Waals surface area contributed by atoms with Crippen LogP contribution in [0.3, 0.4) is 0 Å². The number of nitrogens with zero attached hydrogens (tertiary/aromatic N) is 6. The van der Waals surface area contributed by atoms with E-state index < -0.39 is 0 Å². The fourth-order valence-electron chi connectivity index (χ4n) is 3.75. The minimum absolute atomic E-state index is 0.0709. The number of carbonyl (C=O) groups excluding carboxylic acids is 1. The van der Waals surface area contributed by atoms with Gasteiger partial charge in [-0.15, -0.1) is 0 Å². The predicted octanol–water partition coefficient (Wildman–Crippen LogP) is 1.55. The molecule has 10 heteroatoms. The van der Waals surface area contributed by atoms with Crippen LogP contribution in [0.4, 0.5) is 17.8 Å². The third kappa shape index (κ3) is 4.35. The van der Waals surface area contributed by atoms with Crippen LogP contribution in [-0.2, 0) is 17.6 Å². The van der Waals surface area contributed by atoms with Gasteiger partial charge in [-0.3, -0.25) is 10.1 Å². The number of aromatic nitrogens is 5. The number of anilines is 3. The number of benzene rings is 1. The number of hydrogen-bond donors (Lipinski definition) is 2. The summed E-state index contributed by atoms with van der Waals surface area (Å²) in [5.74, 6) is 3.02. The van der Waals surface area contributed by atoms with Crippen LogP contribution in [0.15, 0.2) is 30.5 Å². The van der Waals surface area contributed by atoms with Gasteiger partial charge in [0, 0.05) is 56.3 Å². The zero-order valence-corrected chi connectivity index (χ0v) is 17.8. The van der Waals surface area contributed by atoms with Crippen LogP contribution in [0.2, 0.25) is 0 Å². The SMILES string of the molecule is CCc1nc(Nc2nccc(-c3ccc4c(c3)CC(=O)CO4)n2)nc(N2CCNCC2)n1. The van der Waals surface area contributed by atoms with E-state index in [0.717, 1.165) is 48.7 Å². The van der Waals surface area contributed by atoms with E-state index in [1.54, 1.807) is 6.20 Å². The van der Waals surface area contributed by atoms with Crippen molar-refractivity contribution in [1.82, 2.24) is 30.2 Å². The van der Waals surface area contributed by atoms with Gasteiger partial charge in [-0.2, -0.15) is 15.0 Å². The first-order chi connectivity index (χ1) is 15.7. The third-order valence-corrected chi connectivity index (χ3v) is 5.40. The second-order valence-electron chi connectivity index (χ2n) is 7.68. The number of hydrogen-bond acceptors (Lipinski definition) is 10. The van der Waals surface area contributed by atoms with Gasteiger partial charge >= 0.3 is 0 Å². The number of piperazine rings is 1. The summed E-state index contributed by atoms with van der Waals surface area (Å²) in [5, 5.41) is 6.47. The summed E-state index contributed by atoms with van der Waals surface area (Å²) in [4.78, 5) is 36.5. The lowest BCUT2D eigenvalue weighted by Crippen LogP contribution is -2.44. The molecule has 0 radical (unpaired) electrons. The Kier molecular flexibility index (Phi) is 5.59. The fourth-order valence-corrected chi connectivity index (χ4v) is 3.75. The number of ether oxygens (including phenoxy) is 1. The largest absolute Gasteiger partial charge is 0.486 e. The van der Waals surface area contributed by atoms with Crippen molar-refractivity contribution in [3.8, 4) is 17.0 Å². The van der Waals surface area contributed by atoms with Crippen molar-refractivity contribution >= 4 is 23.6 Å². The van der Waals surface area contributed by atoms with Gasteiger partial charge in [0.05, 0.1) is 5.69 Å². The molecule has 10 nitrogen and oxygen atoms in total.